The number of hydrogen-bond acceptors (Lipinski definition) is 4. The molecule has 1 unspecified atom stereocenters. The van der Waals surface area contributed by atoms with E-state index in [1.165, 1.54) is 23.1 Å². The van der Waals surface area contributed by atoms with Gasteiger partial charge in [-0.15, -0.1) is 0 Å². The SMILES string of the molecule is CC(C)(C)NC(=O)C(Cc1ccccc1)N(Cc1ccc(Cl)cc1)C(=O)CN(c1ccc(F)c(Cl)c1)S(=O)(=O)c1ccccc1. The predicted octanol–water partition coefficient (Wildman–Crippen LogP) is 6.88. The van der Waals surface area contributed by atoms with Crippen molar-refractivity contribution in [3.8, 4) is 0 Å². The Morgan fingerprint density at radius 2 is 1.44 bits per heavy atom. The van der Waals surface area contributed by atoms with Gasteiger partial charge in [-0.2, -0.15) is 0 Å². The second-order valence-electron chi connectivity index (χ2n) is 11.5. The lowest BCUT2D eigenvalue weighted by Crippen LogP contribution is -2.56. The van der Waals surface area contributed by atoms with Gasteiger partial charge in [0.2, 0.25) is 11.8 Å². The van der Waals surface area contributed by atoms with E-state index in [9.17, 15) is 22.4 Å². The molecule has 7 nitrogen and oxygen atoms in total. The molecule has 45 heavy (non-hydrogen) atoms. The van der Waals surface area contributed by atoms with E-state index in [-0.39, 0.29) is 28.6 Å². The van der Waals surface area contributed by atoms with Crippen molar-refractivity contribution in [2.24, 2.45) is 0 Å². The van der Waals surface area contributed by atoms with Gasteiger partial charge in [0.15, 0.2) is 0 Å². The number of benzene rings is 4. The van der Waals surface area contributed by atoms with Crippen LogP contribution in [0.3, 0.4) is 0 Å². The summed E-state index contributed by atoms with van der Waals surface area (Å²) in [6.45, 7) is 4.79. The van der Waals surface area contributed by atoms with Gasteiger partial charge in [0.1, 0.15) is 18.4 Å². The van der Waals surface area contributed by atoms with Crippen molar-refractivity contribution in [3.63, 3.8) is 0 Å². The number of rotatable bonds is 11. The molecular formula is C34H34Cl2FN3O4S. The molecule has 0 radical (unpaired) electrons. The van der Waals surface area contributed by atoms with Crippen LogP contribution < -0.4 is 9.62 Å². The van der Waals surface area contributed by atoms with Gasteiger partial charge >= 0.3 is 0 Å². The minimum absolute atomic E-state index is 0.0104. The highest BCUT2D eigenvalue weighted by atomic mass is 35.5. The van der Waals surface area contributed by atoms with E-state index >= 15 is 0 Å². The monoisotopic (exact) mass is 669 g/mol. The van der Waals surface area contributed by atoms with Crippen LogP contribution in [0.1, 0.15) is 31.9 Å². The second-order valence-corrected chi connectivity index (χ2v) is 14.2. The lowest BCUT2D eigenvalue weighted by molar-refractivity contribution is -0.140. The average molecular weight is 671 g/mol. The van der Waals surface area contributed by atoms with E-state index in [2.05, 4.69) is 5.32 Å². The van der Waals surface area contributed by atoms with Crippen LogP contribution in [0.2, 0.25) is 10.0 Å². The molecule has 2 amide bonds. The van der Waals surface area contributed by atoms with Gasteiger partial charge in [0.05, 0.1) is 15.6 Å². The lowest BCUT2D eigenvalue weighted by atomic mass is 10.0. The maximum Gasteiger partial charge on any atom is 0.264 e. The van der Waals surface area contributed by atoms with Crippen molar-refractivity contribution >= 4 is 50.7 Å². The van der Waals surface area contributed by atoms with Crippen molar-refractivity contribution in [1.82, 2.24) is 10.2 Å². The van der Waals surface area contributed by atoms with Crippen LogP contribution in [-0.2, 0) is 32.6 Å². The zero-order valence-electron chi connectivity index (χ0n) is 25.1. The van der Waals surface area contributed by atoms with Crippen LogP contribution >= 0.6 is 23.2 Å². The molecule has 0 saturated heterocycles. The molecule has 1 atom stereocenters. The summed E-state index contributed by atoms with van der Waals surface area (Å²) in [6.07, 6.45) is 0.163. The van der Waals surface area contributed by atoms with Gasteiger partial charge in [-0.3, -0.25) is 13.9 Å². The van der Waals surface area contributed by atoms with Gasteiger partial charge in [-0.25, -0.2) is 12.8 Å². The summed E-state index contributed by atoms with van der Waals surface area (Å²) < 4.78 is 43.0. The summed E-state index contributed by atoms with van der Waals surface area (Å²) in [4.78, 5) is 29.6. The minimum Gasteiger partial charge on any atom is -0.350 e. The molecule has 11 heteroatoms. The smallest absolute Gasteiger partial charge is 0.264 e. The van der Waals surface area contributed by atoms with Gasteiger partial charge < -0.3 is 10.2 Å². The molecule has 0 spiro atoms. The Morgan fingerprint density at radius 3 is 2.02 bits per heavy atom. The molecule has 0 aromatic heterocycles. The first-order valence-corrected chi connectivity index (χ1v) is 16.4. The van der Waals surface area contributed by atoms with Crippen LogP contribution in [0.15, 0.2) is 108 Å². The first-order chi connectivity index (χ1) is 21.2. The number of nitrogens with zero attached hydrogens (tertiary/aromatic N) is 2. The summed E-state index contributed by atoms with van der Waals surface area (Å²) >= 11 is 12.2. The normalized spacial score (nSPS) is 12.3. The number of carbonyl (C=O) groups is 2. The zero-order chi connectivity index (χ0) is 32.8. The Bertz CT molecular complexity index is 1730. The Labute approximate surface area is 273 Å². The van der Waals surface area contributed by atoms with Crippen molar-refractivity contribution in [2.75, 3.05) is 10.8 Å². The van der Waals surface area contributed by atoms with E-state index in [0.29, 0.717) is 10.6 Å². The molecule has 0 bridgehead atoms. The van der Waals surface area contributed by atoms with Crippen LogP contribution in [0, 0.1) is 5.82 Å². The Hall–Kier alpha value is -3.92. The number of carbonyl (C=O) groups excluding carboxylic acids is 2. The minimum atomic E-state index is -4.34. The largest absolute Gasteiger partial charge is 0.350 e. The van der Waals surface area contributed by atoms with Crippen LogP contribution in [0.4, 0.5) is 10.1 Å². The highest BCUT2D eigenvalue weighted by Gasteiger charge is 2.35. The van der Waals surface area contributed by atoms with Crippen molar-refractivity contribution in [3.05, 3.63) is 130 Å². The van der Waals surface area contributed by atoms with Crippen LogP contribution in [-0.4, -0.2) is 43.3 Å². The van der Waals surface area contributed by atoms with E-state index in [4.69, 9.17) is 23.2 Å². The zero-order valence-corrected chi connectivity index (χ0v) is 27.4. The van der Waals surface area contributed by atoms with E-state index in [0.717, 1.165) is 22.0 Å². The molecule has 0 heterocycles. The maximum absolute atomic E-state index is 14.4. The average Bonchev–Trinajstić information content (AvgIpc) is 3.00. The Morgan fingerprint density at radius 1 is 0.844 bits per heavy atom. The number of hydrogen-bond donors (Lipinski definition) is 1. The summed E-state index contributed by atoms with van der Waals surface area (Å²) in [7, 11) is -4.34. The number of sulfonamides is 1. The molecule has 4 rings (SSSR count). The van der Waals surface area contributed by atoms with E-state index in [1.54, 1.807) is 42.5 Å². The summed E-state index contributed by atoms with van der Waals surface area (Å²) in [6, 6.07) is 26.1. The maximum atomic E-state index is 14.4. The molecule has 0 saturated carbocycles. The highest BCUT2D eigenvalue weighted by Crippen LogP contribution is 2.28. The van der Waals surface area contributed by atoms with Crippen molar-refractivity contribution < 1.29 is 22.4 Å². The van der Waals surface area contributed by atoms with Crippen LogP contribution in [0.5, 0.6) is 0 Å². The third-order valence-corrected chi connectivity index (χ3v) is 9.17. The summed E-state index contributed by atoms with van der Waals surface area (Å²) in [5, 5.41) is 3.17. The Balaban J connectivity index is 1.82. The highest BCUT2D eigenvalue weighted by molar-refractivity contribution is 7.92. The van der Waals surface area contributed by atoms with Gasteiger partial charge in [-0.1, -0.05) is 83.9 Å². The van der Waals surface area contributed by atoms with Crippen molar-refractivity contribution in [2.45, 2.75) is 50.2 Å². The quantitative estimate of drug-likeness (QED) is 0.189. The fraction of sp³-hybridized carbons (Fsp3) is 0.235. The number of halogens is 3. The Kier molecular flexibility index (Phi) is 10.9. The van der Waals surface area contributed by atoms with Gasteiger partial charge in [0.25, 0.3) is 10.0 Å². The summed E-state index contributed by atoms with van der Waals surface area (Å²) in [5.74, 6) is -1.80. The molecule has 236 valence electrons. The van der Waals surface area contributed by atoms with E-state index < -0.39 is 45.8 Å². The van der Waals surface area contributed by atoms with Crippen LogP contribution in [0.25, 0.3) is 0 Å². The lowest BCUT2D eigenvalue weighted by Gasteiger charge is -2.35. The fourth-order valence-electron chi connectivity index (χ4n) is 4.68. The topological polar surface area (TPSA) is 86.8 Å². The molecule has 0 aliphatic carbocycles. The molecule has 0 aliphatic heterocycles. The third-order valence-electron chi connectivity index (χ3n) is 6.84. The van der Waals surface area contributed by atoms with Gasteiger partial charge in [0, 0.05) is 23.5 Å². The first kappa shape index (κ1) is 34.0. The van der Waals surface area contributed by atoms with E-state index in [1.807, 2.05) is 51.1 Å². The fourth-order valence-corrected chi connectivity index (χ4v) is 6.41. The number of amides is 2. The second kappa shape index (κ2) is 14.5. The molecule has 0 fully saturated rings. The standard InChI is InChI=1S/C34H34Cl2FN3O4S/c1-34(2,3)38-33(42)31(20-24-10-6-4-7-11-24)39(22-25-14-16-26(35)17-15-25)32(41)23-40(27-18-19-30(37)29(36)21-27)45(43,44)28-12-8-5-9-13-28/h4-19,21,31H,20,22-23H2,1-3H3,(H,38,42). The van der Waals surface area contributed by atoms with Crippen molar-refractivity contribution in [1.29, 1.82) is 0 Å². The molecule has 0 aliphatic rings. The van der Waals surface area contributed by atoms with Gasteiger partial charge in [-0.05, 0) is 74.4 Å². The third kappa shape index (κ3) is 9.06. The first-order valence-electron chi connectivity index (χ1n) is 14.2. The predicted molar refractivity (Wildman–Crippen MR) is 176 cm³/mol. The molecular weight excluding hydrogens is 636 g/mol. The molecule has 4 aromatic rings. The summed E-state index contributed by atoms with van der Waals surface area (Å²) in [5.41, 5.74) is 0.856. The number of anilines is 1. The number of nitrogens with one attached hydrogen (secondary N) is 1. The molecule has 1 N–H and O–H groups in total. The molecule has 4 aromatic carbocycles.